The van der Waals surface area contributed by atoms with E-state index in [2.05, 4.69) is 21.6 Å². The Hall–Kier alpha value is -2.07. The summed E-state index contributed by atoms with van der Waals surface area (Å²) in [7, 11) is 1.94. The summed E-state index contributed by atoms with van der Waals surface area (Å²) in [5.74, 6) is 0.279. The van der Waals surface area contributed by atoms with Crippen LogP contribution in [0.4, 0.5) is 0 Å². The summed E-state index contributed by atoms with van der Waals surface area (Å²) in [5.41, 5.74) is 2.33. The molecule has 0 spiro atoms. The molecule has 1 amide bonds. The number of hydrogen-bond acceptors (Lipinski definition) is 2. The topological polar surface area (TPSA) is 28.5 Å². The van der Waals surface area contributed by atoms with E-state index in [9.17, 15) is 4.79 Å². The smallest absolute Gasteiger partial charge is 0.239 e. The van der Waals surface area contributed by atoms with Crippen LogP contribution in [0.15, 0.2) is 48.8 Å². The average molecular weight is 323 g/mol. The highest BCUT2D eigenvalue weighted by molar-refractivity contribution is 5.82. The van der Waals surface area contributed by atoms with Gasteiger partial charge in [0.15, 0.2) is 0 Å². The third-order valence-electron chi connectivity index (χ3n) is 5.25. The lowest BCUT2D eigenvalue weighted by Gasteiger charge is -2.28. The lowest BCUT2D eigenvalue weighted by molar-refractivity contribution is -0.135. The van der Waals surface area contributed by atoms with E-state index < -0.39 is 0 Å². The Morgan fingerprint density at radius 1 is 1.12 bits per heavy atom. The van der Waals surface area contributed by atoms with Gasteiger partial charge in [0.25, 0.3) is 0 Å². The highest BCUT2D eigenvalue weighted by atomic mass is 16.2. The van der Waals surface area contributed by atoms with Crippen molar-refractivity contribution in [1.29, 1.82) is 0 Å². The van der Waals surface area contributed by atoms with Crippen molar-refractivity contribution in [2.75, 3.05) is 13.6 Å². The second kappa shape index (κ2) is 6.44. The first-order valence-corrected chi connectivity index (χ1v) is 8.96. The second-order valence-electron chi connectivity index (χ2n) is 7.04. The molecular weight excluding hydrogens is 298 g/mol. The number of amides is 1. The van der Waals surface area contributed by atoms with E-state index in [1.807, 2.05) is 48.6 Å². The molecule has 2 aliphatic rings. The van der Waals surface area contributed by atoms with Crippen LogP contribution in [0.5, 0.6) is 0 Å². The standard InChI is InChI=1S/C20H25N3O/c1-21(20(24)19-9-6-14-23(19)17-10-11-17)15-16-7-2-3-8-18(16)22-12-4-5-13-22/h2-5,7-8,12-13,17,19H,6,9-11,14-15H2,1H3. The molecule has 2 heterocycles. The molecule has 1 aromatic heterocycles. The van der Waals surface area contributed by atoms with Crippen LogP contribution in [-0.4, -0.2) is 46.0 Å². The molecule has 0 N–H and O–H groups in total. The lowest BCUT2D eigenvalue weighted by atomic mass is 10.1. The molecule has 2 fully saturated rings. The van der Waals surface area contributed by atoms with E-state index in [0.717, 1.165) is 25.1 Å². The number of carbonyl (C=O) groups excluding carboxylic acids is 1. The van der Waals surface area contributed by atoms with Crippen molar-refractivity contribution in [1.82, 2.24) is 14.4 Å². The van der Waals surface area contributed by atoms with Crippen molar-refractivity contribution < 1.29 is 4.79 Å². The highest BCUT2D eigenvalue weighted by Crippen LogP contribution is 2.34. The molecule has 4 rings (SSSR count). The largest absolute Gasteiger partial charge is 0.340 e. The van der Waals surface area contributed by atoms with Crippen molar-refractivity contribution in [3.8, 4) is 5.69 Å². The number of aromatic nitrogens is 1. The van der Waals surface area contributed by atoms with Crippen LogP contribution in [0, 0.1) is 0 Å². The fourth-order valence-electron chi connectivity index (χ4n) is 3.88. The normalized spacial score (nSPS) is 21.1. The molecular formula is C20H25N3O. The van der Waals surface area contributed by atoms with Crippen molar-refractivity contribution in [2.45, 2.75) is 44.3 Å². The maximum atomic E-state index is 13.0. The van der Waals surface area contributed by atoms with Gasteiger partial charge in [-0.1, -0.05) is 18.2 Å². The number of likely N-dealkylation sites (tertiary alicyclic amines) is 1. The fourth-order valence-corrected chi connectivity index (χ4v) is 3.88. The van der Waals surface area contributed by atoms with Crippen LogP contribution in [0.25, 0.3) is 5.69 Å². The predicted molar refractivity (Wildman–Crippen MR) is 95.0 cm³/mol. The minimum absolute atomic E-state index is 0.0984. The highest BCUT2D eigenvalue weighted by Gasteiger charge is 2.40. The van der Waals surface area contributed by atoms with Gasteiger partial charge in [-0.2, -0.15) is 0 Å². The SMILES string of the molecule is CN(Cc1ccccc1-n1cccc1)C(=O)C1CCCN1C1CC1. The molecule has 0 radical (unpaired) electrons. The van der Waals surface area contributed by atoms with E-state index in [4.69, 9.17) is 0 Å². The Balaban J connectivity index is 1.50. The summed E-state index contributed by atoms with van der Waals surface area (Å²) in [4.78, 5) is 17.3. The zero-order chi connectivity index (χ0) is 16.5. The first-order valence-electron chi connectivity index (χ1n) is 8.96. The molecule has 1 saturated heterocycles. The molecule has 1 atom stereocenters. The fraction of sp³-hybridized carbons (Fsp3) is 0.450. The quantitative estimate of drug-likeness (QED) is 0.846. The molecule has 126 valence electrons. The van der Waals surface area contributed by atoms with Gasteiger partial charge in [0.2, 0.25) is 5.91 Å². The zero-order valence-corrected chi connectivity index (χ0v) is 14.3. The number of benzene rings is 1. The first-order chi connectivity index (χ1) is 11.7. The van der Waals surface area contributed by atoms with Crippen LogP contribution >= 0.6 is 0 Å². The van der Waals surface area contributed by atoms with Gasteiger partial charge < -0.3 is 9.47 Å². The molecule has 0 bridgehead atoms. The van der Waals surface area contributed by atoms with Gasteiger partial charge in [-0.25, -0.2) is 0 Å². The van der Waals surface area contributed by atoms with Gasteiger partial charge in [-0.3, -0.25) is 9.69 Å². The van der Waals surface area contributed by atoms with Gasteiger partial charge in [0, 0.05) is 37.7 Å². The molecule has 1 saturated carbocycles. The van der Waals surface area contributed by atoms with Gasteiger partial charge in [0.05, 0.1) is 6.04 Å². The molecule has 1 aliphatic carbocycles. The van der Waals surface area contributed by atoms with Gasteiger partial charge in [-0.15, -0.1) is 0 Å². The van der Waals surface area contributed by atoms with Crippen molar-refractivity contribution in [3.05, 3.63) is 54.4 Å². The number of rotatable bonds is 5. The first kappa shape index (κ1) is 15.5. The molecule has 1 aromatic carbocycles. The maximum absolute atomic E-state index is 13.0. The zero-order valence-electron chi connectivity index (χ0n) is 14.3. The summed E-state index contributed by atoms with van der Waals surface area (Å²) in [6.07, 6.45) is 8.80. The lowest BCUT2D eigenvalue weighted by Crippen LogP contribution is -2.44. The Kier molecular flexibility index (Phi) is 4.15. The third kappa shape index (κ3) is 2.98. The Bertz CT molecular complexity index is 705. The Morgan fingerprint density at radius 3 is 2.62 bits per heavy atom. The maximum Gasteiger partial charge on any atom is 0.239 e. The minimum atomic E-state index is 0.0984. The Labute approximate surface area is 143 Å². The average Bonchev–Trinajstić information content (AvgIpc) is 3.11. The second-order valence-corrected chi connectivity index (χ2v) is 7.04. The van der Waals surface area contributed by atoms with Gasteiger partial charge >= 0.3 is 0 Å². The predicted octanol–water partition coefficient (Wildman–Crippen LogP) is 3.06. The molecule has 1 unspecified atom stereocenters. The number of hydrogen-bond donors (Lipinski definition) is 0. The molecule has 2 aromatic rings. The molecule has 4 nitrogen and oxygen atoms in total. The van der Waals surface area contributed by atoms with Gasteiger partial charge in [0.1, 0.15) is 0 Å². The van der Waals surface area contributed by atoms with Crippen LogP contribution in [0.1, 0.15) is 31.2 Å². The van der Waals surface area contributed by atoms with E-state index in [0.29, 0.717) is 12.6 Å². The number of carbonyl (C=O) groups is 1. The summed E-state index contributed by atoms with van der Waals surface area (Å²) < 4.78 is 2.11. The van der Waals surface area contributed by atoms with Crippen LogP contribution in [0.3, 0.4) is 0 Å². The molecule has 1 aliphatic heterocycles. The van der Waals surface area contributed by atoms with Crippen molar-refractivity contribution in [2.24, 2.45) is 0 Å². The number of likely N-dealkylation sites (N-methyl/N-ethyl adjacent to an activating group) is 1. The monoisotopic (exact) mass is 323 g/mol. The van der Waals surface area contributed by atoms with E-state index in [1.165, 1.54) is 18.4 Å². The summed E-state index contributed by atoms with van der Waals surface area (Å²) >= 11 is 0. The van der Waals surface area contributed by atoms with Crippen molar-refractivity contribution in [3.63, 3.8) is 0 Å². The minimum Gasteiger partial charge on any atom is -0.340 e. The number of nitrogens with zero attached hydrogens (tertiary/aromatic N) is 3. The summed E-state index contributed by atoms with van der Waals surface area (Å²) in [6, 6.07) is 13.1. The molecule has 24 heavy (non-hydrogen) atoms. The van der Waals surface area contributed by atoms with E-state index in [1.54, 1.807) is 0 Å². The summed E-state index contributed by atoms with van der Waals surface area (Å²) in [5, 5.41) is 0. The third-order valence-corrected chi connectivity index (χ3v) is 5.25. The Morgan fingerprint density at radius 2 is 1.88 bits per heavy atom. The van der Waals surface area contributed by atoms with Crippen LogP contribution in [-0.2, 0) is 11.3 Å². The van der Waals surface area contributed by atoms with Crippen molar-refractivity contribution >= 4 is 5.91 Å². The van der Waals surface area contributed by atoms with E-state index >= 15 is 0 Å². The number of para-hydroxylation sites is 1. The van der Waals surface area contributed by atoms with Gasteiger partial charge in [-0.05, 0) is 56.0 Å². The summed E-state index contributed by atoms with van der Waals surface area (Å²) in [6.45, 7) is 1.75. The van der Waals surface area contributed by atoms with Crippen LogP contribution in [0.2, 0.25) is 0 Å². The molecule has 4 heteroatoms. The van der Waals surface area contributed by atoms with Crippen LogP contribution < -0.4 is 0 Å². The van der Waals surface area contributed by atoms with E-state index in [-0.39, 0.29) is 11.9 Å².